The highest BCUT2D eigenvalue weighted by atomic mass is 16.5. The van der Waals surface area contributed by atoms with E-state index in [2.05, 4.69) is 0 Å². The van der Waals surface area contributed by atoms with E-state index in [1.165, 1.54) is 0 Å². The van der Waals surface area contributed by atoms with Crippen LogP contribution in [0.5, 0.6) is 0 Å². The minimum absolute atomic E-state index is 0.182. The minimum atomic E-state index is -0.933. The number of ether oxygens (including phenoxy) is 1. The second kappa shape index (κ2) is 7.53. The highest BCUT2D eigenvalue weighted by Gasteiger charge is 2.24. The zero-order valence-electron chi connectivity index (χ0n) is 11.2. The van der Waals surface area contributed by atoms with Gasteiger partial charge in [-0.2, -0.15) is 0 Å². The van der Waals surface area contributed by atoms with Crippen LogP contribution in [0.3, 0.4) is 0 Å². The Bertz CT molecular complexity index is 419. The van der Waals surface area contributed by atoms with Gasteiger partial charge in [-0.15, -0.1) is 0 Å². The van der Waals surface area contributed by atoms with Gasteiger partial charge in [-0.05, 0) is 19.5 Å². The molecule has 0 amide bonds. The van der Waals surface area contributed by atoms with Gasteiger partial charge >= 0.3 is 11.9 Å². The number of rotatable bonds is 7. The number of benzene rings is 1. The van der Waals surface area contributed by atoms with Crippen LogP contribution in [0.4, 0.5) is 0 Å². The number of carbonyl (C=O) groups excluding carboxylic acids is 1. The standard InChI is InChI=1S/C14H19NO4/c1-3-19-12(16)9-10-15(2)13(14(17)18)11-7-5-4-6-8-11/h4-8,13H,3,9-10H2,1-2H3,(H,17,18). The van der Waals surface area contributed by atoms with Crippen molar-refractivity contribution in [3.05, 3.63) is 35.9 Å². The highest BCUT2D eigenvalue weighted by molar-refractivity contribution is 5.75. The molecule has 0 saturated carbocycles. The van der Waals surface area contributed by atoms with E-state index in [9.17, 15) is 14.7 Å². The number of carboxylic acids is 1. The molecule has 1 N–H and O–H groups in total. The molecule has 104 valence electrons. The van der Waals surface area contributed by atoms with Crippen LogP contribution in [0.1, 0.15) is 24.9 Å². The molecular weight excluding hydrogens is 246 g/mol. The molecule has 0 heterocycles. The van der Waals surface area contributed by atoms with Crippen molar-refractivity contribution in [1.82, 2.24) is 4.90 Å². The number of carbonyl (C=O) groups is 2. The predicted molar refractivity (Wildman–Crippen MR) is 70.7 cm³/mol. The number of nitrogens with zero attached hydrogens (tertiary/aromatic N) is 1. The van der Waals surface area contributed by atoms with Crippen LogP contribution >= 0.6 is 0 Å². The van der Waals surface area contributed by atoms with Gasteiger partial charge in [0.1, 0.15) is 6.04 Å². The first-order chi connectivity index (χ1) is 9.06. The quantitative estimate of drug-likeness (QED) is 0.760. The topological polar surface area (TPSA) is 66.8 Å². The van der Waals surface area contributed by atoms with E-state index < -0.39 is 12.0 Å². The molecule has 0 saturated heterocycles. The van der Waals surface area contributed by atoms with E-state index >= 15 is 0 Å². The smallest absolute Gasteiger partial charge is 0.325 e. The summed E-state index contributed by atoms with van der Waals surface area (Å²) in [6.07, 6.45) is 0.182. The lowest BCUT2D eigenvalue weighted by Crippen LogP contribution is -2.32. The number of carboxylic acid groups (broad SMARTS) is 1. The van der Waals surface area contributed by atoms with Crippen LogP contribution in [0.25, 0.3) is 0 Å². The van der Waals surface area contributed by atoms with Gasteiger partial charge in [0.05, 0.1) is 13.0 Å². The maximum atomic E-state index is 11.4. The van der Waals surface area contributed by atoms with Crippen LogP contribution in [0, 0.1) is 0 Å². The van der Waals surface area contributed by atoms with Gasteiger partial charge in [-0.25, -0.2) is 0 Å². The van der Waals surface area contributed by atoms with Gasteiger partial charge in [0.2, 0.25) is 0 Å². The van der Waals surface area contributed by atoms with Crippen LogP contribution in [0.2, 0.25) is 0 Å². The third-order valence-corrected chi connectivity index (χ3v) is 2.76. The average Bonchev–Trinajstić information content (AvgIpc) is 2.38. The molecular formula is C14H19NO4. The Morgan fingerprint density at radius 1 is 1.32 bits per heavy atom. The second-order valence-corrected chi connectivity index (χ2v) is 4.19. The Morgan fingerprint density at radius 2 is 1.95 bits per heavy atom. The Kier molecular flexibility index (Phi) is 6.02. The van der Waals surface area contributed by atoms with Crippen LogP contribution < -0.4 is 0 Å². The first-order valence-electron chi connectivity index (χ1n) is 6.19. The molecule has 0 spiro atoms. The van der Waals surface area contributed by atoms with E-state index in [1.54, 1.807) is 43.1 Å². The molecule has 1 unspecified atom stereocenters. The molecule has 0 bridgehead atoms. The molecule has 0 aliphatic rings. The van der Waals surface area contributed by atoms with E-state index in [-0.39, 0.29) is 12.4 Å². The number of hydrogen-bond acceptors (Lipinski definition) is 4. The van der Waals surface area contributed by atoms with Gasteiger partial charge in [0.25, 0.3) is 0 Å². The summed E-state index contributed by atoms with van der Waals surface area (Å²) in [5, 5.41) is 9.31. The SMILES string of the molecule is CCOC(=O)CCN(C)C(C(=O)O)c1ccccc1. The largest absolute Gasteiger partial charge is 0.480 e. The Balaban J connectivity index is 2.67. The zero-order valence-corrected chi connectivity index (χ0v) is 11.2. The van der Waals surface area contributed by atoms with Crippen molar-refractivity contribution in [3.8, 4) is 0 Å². The number of esters is 1. The second-order valence-electron chi connectivity index (χ2n) is 4.19. The molecule has 0 aromatic heterocycles. The van der Waals surface area contributed by atoms with Gasteiger partial charge in [-0.1, -0.05) is 30.3 Å². The molecule has 0 aliphatic carbocycles. The average molecular weight is 265 g/mol. The Labute approximate surface area is 112 Å². The van der Waals surface area contributed by atoms with Crippen molar-refractivity contribution in [3.63, 3.8) is 0 Å². The molecule has 0 aliphatic heterocycles. The van der Waals surface area contributed by atoms with Crippen LogP contribution in [-0.4, -0.2) is 42.1 Å². The Hall–Kier alpha value is -1.88. The summed E-state index contributed by atoms with van der Waals surface area (Å²) in [4.78, 5) is 24.3. The van der Waals surface area contributed by atoms with Gasteiger partial charge < -0.3 is 9.84 Å². The van der Waals surface area contributed by atoms with Crippen molar-refractivity contribution in [2.45, 2.75) is 19.4 Å². The summed E-state index contributed by atoms with van der Waals surface area (Å²) in [5.74, 6) is -1.25. The van der Waals surface area contributed by atoms with Crippen molar-refractivity contribution < 1.29 is 19.4 Å². The highest BCUT2D eigenvalue weighted by Crippen LogP contribution is 2.19. The predicted octanol–water partition coefficient (Wildman–Crippen LogP) is 1.70. The molecule has 5 heteroatoms. The van der Waals surface area contributed by atoms with E-state index in [4.69, 9.17) is 4.74 Å². The molecule has 0 fully saturated rings. The fourth-order valence-electron chi connectivity index (χ4n) is 1.85. The van der Waals surface area contributed by atoms with Gasteiger partial charge in [0, 0.05) is 6.54 Å². The summed E-state index contributed by atoms with van der Waals surface area (Å²) < 4.78 is 4.83. The van der Waals surface area contributed by atoms with Gasteiger partial charge in [-0.3, -0.25) is 14.5 Å². The molecule has 1 aromatic rings. The number of hydrogen-bond donors (Lipinski definition) is 1. The fourth-order valence-corrected chi connectivity index (χ4v) is 1.85. The monoisotopic (exact) mass is 265 g/mol. The normalized spacial score (nSPS) is 12.2. The molecule has 19 heavy (non-hydrogen) atoms. The lowest BCUT2D eigenvalue weighted by Gasteiger charge is -2.24. The Morgan fingerprint density at radius 3 is 2.47 bits per heavy atom. The van der Waals surface area contributed by atoms with Crippen LogP contribution in [0.15, 0.2) is 30.3 Å². The zero-order chi connectivity index (χ0) is 14.3. The molecule has 0 radical (unpaired) electrons. The lowest BCUT2D eigenvalue weighted by molar-refractivity contribution is -0.146. The summed E-state index contributed by atoms with van der Waals surface area (Å²) in [7, 11) is 1.69. The van der Waals surface area contributed by atoms with Gasteiger partial charge in [0.15, 0.2) is 0 Å². The molecule has 5 nitrogen and oxygen atoms in total. The summed E-state index contributed by atoms with van der Waals surface area (Å²) in [6, 6.07) is 8.20. The van der Waals surface area contributed by atoms with E-state index in [0.29, 0.717) is 18.7 Å². The van der Waals surface area contributed by atoms with Crippen molar-refractivity contribution in [2.24, 2.45) is 0 Å². The van der Waals surface area contributed by atoms with Crippen molar-refractivity contribution in [2.75, 3.05) is 20.2 Å². The summed E-state index contributed by atoms with van der Waals surface area (Å²) in [6.45, 7) is 2.42. The minimum Gasteiger partial charge on any atom is -0.480 e. The maximum absolute atomic E-state index is 11.4. The molecule has 1 aromatic carbocycles. The van der Waals surface area contributed by atoms with Crippen molar-refractivity contribution >= 4 is 11.9 Å². The number of aliphatic carboxylic acids is 1. The van der Waals surface area contributed by atoms with E-state index in [0.717, 1.165) is 0 Å². The lowest BCUT2D eigenvalue weighted by atomic mass is 10.1. The van der Waals surface area contributed by atoms with Crippen LogP contribution in [-0.2, 0) is 14.3 Å². The first kappa shape index (κ1) is 15.2. The first-order valence-corrected chi connectivity index (χ1v) is 6.19. The third-order valence-electron chi connectivity index (χ3n) is 2.76. The molecule has 1 rings (SSSR count). The summed E-state index contributed by atoms with van der Waals surface area (Å²) in [5.41, 5.74) is 0.696. The third kappa shape index (κ3) is 4.71. The fraction of sp³-hybridized carbons (Fsp3) is 0.429. The number of likely N-dealkylation sites (N-methyl/N-ethyl adjacent to an activating group) is 1. The summed E-state index contributed by atoms with van der Waals surface area (Å²) >= 11 is 0. The maximum Gasteiger partial charge on any atom is 0.325 e. The molecule has 1 atom stereocenters. The van der Waals surface area contributed by atoms with E-state index in [1.807, 2.05) is 6.07 Å². The van der Waals surface area contributed by atoms with Crippen molar-refractivity contribution in [1.29, 1.82) is 0 Å².